The van der Waals surface area contributed by atoms with Crippen molar-refractivity contribution in [2.24, 2.45) is 14.1 Å². The van der Waals surface area contributed by atoms with Crippen LogP contribution in [-0.4, -0.2) is 35.6 Å². The fourth-order valence-electron chi connectivity index (χ4n) is 1.40. The molecular formula is C9H12N6O2S. The number of carboxylic acids is 1. The van der Waals surface area contributed by atoms with Gasteiger partial charge in [0.2, 0.25) is 5.95 Å². The molecule has 2 aromatic rings. The Morgan fingerprint density at radius 1 is 1.50 bits per heavy atom. The number of carbonyl (C=O) groups is 1. The molecule has 3 N–H and O–H groups in total. The highest BCUT2D eigenvalue weighted by molar-refractivity contribution is 7.98. The third kappa shape index (κ3) is 2.16. The van der Waals surface area contributed by atoms with E-state index in [4.69, 9.17) is 10.8 Å². The van der Waals surface area contributed by atoms with Crippen LogP contribution in [0.3, 0.4) is 0 Å². The monoisotopic (exact) mass is 268 g/mol. The molecule has 0 fully saturated rings. The van der Waals surface area contributed by atoms with Crippen molar-refractivity contribution in [2.45, 2.75) is 10.9 Å². The molecule has 2 rings (SSSR count). The van der Waals surface area contributed by atoms with E-state index >= 15 is 0 Å². The third-order valence-electron chi connectivity index (χ3n) is 2.50. The van der Waals surface area contributed by atoms with E-state index in [0.29, 0.717) is 22.6 Å². The highest BCUT2D eigenvalue weighted by Crippen LogP contribution is 2.23. The van der Waals surface area contributed by atoms with Crippen LogP contribution in [0.1, 0.15) is 16.1 Å². The van der Waals surface area contributed by atoms with Crippen molar-refractivity contribution in [2.75, 3.05) is 5.73 Å². The SMILES string of the molecule is Cn1ncc(C(=O)O)c1CSc1nnc(N)n1C. The van der Waals surface area contributed by atoms with Gasteiger partial charge in [0.15, 0.2) is 5.16 Å². The van der Waals surface area contributed by atoms with Crippen LogP contribution in [0.25, 0.3) is 0 Å². The molecule has 0 aliphatic carbocycles. The quantitative estimate of drug-likeness (QED) is 0.757. The van der Waals surface area contributed by atoms with Gasteiger partial charge in [-0.05, 0) is 0 Å². The van der Waals surface area contributed by atoms with E-state index in [9.17, 15) is 4.79 Å². The van der Waals surface area contributed by atoms with E-state index in [1.165, 1.54) is 22.6 Å². The number of aromatic carboxylic acids is 1. The minimum Gasteiger partial charge on any atom is -0.478 e. The summed E-state index contributed by atoms with van der Waals surface area (Å²) in [5.74, 6) is -0.235. The van der Waals surface area contributed by atoms with Gasteiger partial charge in [-0.15, -0.1) is 10.2 Å². The van der Waals surface area contributed by atoms with Gasteiger partial charge in [-0.2, -0.15) is 5.10 Å². The standard InChI is InChI=1S/C9H12N6O2S/c1-14-8(10)12-13-9(14)18-4-6-5(7(16)17)3-11-15(6)2/h3H,4H2,1-2H3,(H2,10,12)(H,16,17). The molecule has 18 heavy (non-hydrogen) atoms. The van der Waals surface area contributed by atoms with Crippen molar-refractivity contribution in [1.29, 1.82) is 0 Å². The number of carboxylic acid groups (broad SMARTS) is 1. The third-order valence-corrected chi connectivity index (χ3v) is 3.53. The van der Waals surface area contributed by atoms with E-state index < -0.39 is 5.97 Å². The fraction of sp³-hybridized carbons (Fsp3) is 0.333. The Kier molecular flexibility index (Phi) is 3.24. The molecule has 0 saturated heterocycles. The number of thioether (sulfide) groups is 1. The Morgan fingerprint density at radius 3 is 2.78 bits per heavy atom. The molecule has 0 radical (unpaired) electrons. The number of hydrogen-bond donors (Lipinski definition) is 2. The molecule has 0 unspecified atom stereocenters. The highest BCUT2D eigenvalue weighted by atomic mass is 32.2. The molecule has 8 nitrogen and oxygen atoms in total. The summed E-state index contributed by atoms with van der Waals surface area (Å²) >= 11 is 1.36. The average Bonchev–Trinajstić information content (AvgIpc) is 2.83. The van der Waals surface area contributed by atoms with Gasteiger partial charge in [0.05, 0.1) is 11.9 Å². The second kappa shape index (κ2) is 4.69. The van der Waals surface area contributed by atoms with Crippen molar-refractivity contribution in [1.82, 2.24) is 24.5 Å². The summed E-state index contributed by atoms with van der Waals surface area (Å²) in [6, 6.07) is 0. The van der Waals surface area contributed by atoms with Gasteiger partial charge >= 0.3 is 5.97 Å². The molecular weight excluding hydrogens is 256 g/mol. The van der Waals surface area contributed by atoms with Gasteiger partial charge < -0.3 is 10.8 Å². The number of aryl methyl sites for hydroxylation is 1. The number of rotatable bonds is 4. The summed E-state index contributed by atoms with van der Waals surface area (Å²) < 4.78 is 3.18. The Bertz CT molecular complexity index is 590. The van der Waals surface area contributed by atoms with Crippen LogP contribution < -0.4 is 5.73 Å². The zero-order valence-corrected chi connectivity index (χ0v) is 10.7. The molecule has 0 aliphatic heterocycles. The van der Waals surface area contributed by atoms with E-state index in [2.05, 4.69) is 15.3 Å². The fourth-order valence-corrected chi connectivity index (χ4v) is 2.39. The number of anilines is 1. The lowest BCUT2D eigenvalue weighted by Crippen LogP contribution is -2.04. The summed E-state index contributed by atoms with van der Waals surface area (Å²) in [7, 11) is 3.45. The van der Waals surface area contributed by atoms with Gasteiger partial charge in [0.1, 0.15) is 5.56 Å². The molecule has 2 heterocycles. The minimum atomic E-state index is -0.990. The maximum atomic E-state index is 11.0. The molecule has 0 amide bonds. The van der Waals surface area contributed by atoms with Crippen LogP contribution >= 0.6 is 11.8 Å². The molecule has 96 valence electrons. The molecule has 0 saturated carbocycles. The lowest BCUT2D eigenvalue weighted by atomic mass is 10.3. The second-order valence-corrected chi connectivity index (χ2v) is 4.56. The number of aromatic nitrogens is 5. The van der Waals surface area contributed by atoms with Crippen LogP contribution in [0.15, 0.2) is 11.4 Å². The van der Waals surface area contributed by atoms with Crippen LogP contribution in [0.4, 0.5) is 5.95 Å². The first-order valence-corrected chi connectivity index (χ1v) is 6.01. The lowest BCUT2D eigenvalue weighted by Gasteiger charge is -2.03. The smallest absolute Gasteiger partial charge is 0.339 e. The van der Waals surface area contributed by atoms with Crippen molar-refractivity contribution < 1.29 is 9.90 Å². The zero-order chi connectivity index (χ0) is 13.3. The van der Waals surface area contributed by atoms with E-state index in [-0.39, 0.29) is 5.56 Å². The number of nitrogen functional groups attached to an aromatic ring is 1. The lowest BCUT2D eigenvalue weighted by molar-refractivity contribution is 0.0696. The summed E-state index contributed by atoms with van der Waals surface area (Å²) in [5, 5.41) is 21.2. The second-order valence-electron chi connectivity index (χ2n) is 3.62. The predicted octanol–water partition coefficient (Wildman–Crippen LogP) is 0.121. The van der Waals surface area contributed by atoms with Crippen LogP contribution in [0.2, 0.25) is 0 Å². The summed E-state index contributed by atoms with van der Waals surface area (Å²) in [5.41, 5.74) is 6.38. The van der Waals surface area contributed by atoms with Crippen LogP contribution in [-0.2, 0) is 19.8 Å². The highest BCUT2D eigenvalue weighted by Gasteiger charge is 2.16. The van der Waals surface area contributed by atoms with Gasteiger partial charge in [-0.1, -0.05) is 11.8 Å². The van der Waals surface area contributed by atoms with Crippen LogP contribution in [0, 0.1) is 0 Å². The first kappa shape index (κ1) is 12.4. The number of nitrogens with zero attached hydrogens (tertiary/aromatic N) is 5. The first-order valence-electron chi connectivity index (χ1n) is 5.02. The largest absolute Gasteiger partial charge is 0.478 e. The average molecular weight is 268 g/mol. The van der Waals surface area contributed by atoms with Gasteiger partial charge in [-0.3, -0.25) is 9.25 Å². The van der Waals surface area contributed by atoms with Crippen molar-refractivity contribution >= 4 is 23.7 Å². The zero-order valence-electron chi connectivity index (χ0n) is 9.86. The Morgan fingerprint density at radius 2 is 2.22 bits per heavy atom. The van der Waals surface area contributed by atoms with Crippen molar-refractivity contribution in [3.63, 3.8) is 0 Å². The molecule has 0 aromatic carbocycles. The molecule has 0 bridgehead atoms. The molecule has 0 spiro atoms. The van der Waals surface area contributed by atoms with Crippen molar-refractivity contribution in [3.8, 4) is 0 Å². The molecule has 9 heteroatoms. The predicted molar refractivity (Wildman–Crippen MR) is 65.1 cm³/mol. The van der Waals surface area contributed by atoms with E-state index in [1.54, 1.807) is 18.7 Å². The molecule has 2 aromatic heterocycles. The number of hydrogen-bond acceptors (Lipinski definition) is 6. The topological polar surface area (TPSA) is 112 Å². The summed E-state index contributed by atoms with van der Waals surface area (Å²) in [4.78, 5) is 11.0. The number of nitrogens with two attached hydrogens (primary N) is 1. The van der Waals surface area contributed by atoms with Crippen molar-refractivity contribution in [3.05, 3.63) is 17.5 Å². The normalized spacial score (nSPS) is 10.8. The molecule has 0 atom stereocenters. The summed E-state index contributed by atoms with van der Waals surface area (Å²) in [6.45, 7) is 0. The molecule has 0 aliphatic rings. The Labute approximate surface area is 107 Å². The maximum Gasteiger partial charge on any atom is 0.339 e. The maximum absolute atomic E-state index is 11.0. The summed E-state index contributed by atoms with van der Waals surface area (Å²) in [6.07, 6.45) is 1.34. The van der Waals surface area contributed by atoms with Gasteiger partial charge in [-0.25, -0.2) is 4.79 Å². The van der Waals surface area contributed by atoms with Gasteiger partial charge in [0.25, 0.3) is 0 Å². The minimum absolute atomic E-state index is 0.195. The van der Waals surface area contributed by atoms with E-state index in [0.717, 1.165) is 0 Å². The Balaban J connectivity index is 2.18. The van der Waals surface area contributed by atoms with Gasteiger partial charge in [0, 0.05) is 19.8 Å². The van der Waals surface area contributed by atoms with E-state index in [1.807, 2.05) is 0 Å². The van der Waals surface area contributed by atoms with Crippen LogP contribution in [0.5, 0.6) is 0 Å². The Hall–Kier alpha value is -2.03. The first-order chi connectivity index (χ1) is 8.50.